The number of hydrogen-bond donors (Lipinski definition) is 1. The molecule has 1 aliphatic rings. The number of amides is 1. The third kappa shape index (κ3) is 3.69. The fourth-order valence-electron chi connectivity index (χ4n) is 3.50. The van der Waals surface area contributed by atoms with Crippen molar-refractivity contribution in [3.8, 4) is 0 Å². The Hall–Kier alpha value is -2.88. The topological polar surface area (TPSA) is 45.2 Å². The predicted octanol–water partition coefficient (Wildman–Crippen LogP) is 4.87. The molecule has 1 saturated heterocycles. The molecule has 132 valence electrons. The zero-order valence-corrected chi connectivity index (χ0v) is 14.8. The maximum absolute atomic E-state index is 12.7. The molecule has 0 saturated carbocycles. The van der Waals surface area contributed by atoms with Gasteiger partial charge in [0.25, 0.3) is 5.91 Å². The van der Waals surface area contributed by atoms with Gasteiger partial charge < -0.3 is 10.2 Å². The lowest BCUT2D eigenvalue weighted by Crippen LogP contribution is -2.25. The van der Waals surface area contributed by atoms with E-state index in [4.69, 9.17) is 0 Å². The Kier molecular flexibility index (Phi) is 4.82. The number of benzene rings is 2. The highest BCUT2D eigenvalue weighted by Crippen LogP contribution is 2.21. The zero-order valence-electron chi connectivity index (χ0n) is 14.8. The van der Waals surface area contributed by atoms with Crippen molar-refractivity contribution >= 4 is 28.2 Å². The van der Waals surface area contributed by atoms with Crippen molar-refractivity contribution in [2.75, 3.05) is 23.3 Å². The van der Waals surface area contributed by atoms with Gasteiger partial charge in [-0.05, 0) is 47.9 Å². The van der Waals surface area contributed by atoms with E-state index in [1.165, 1.54) is 25.7 Å². The third-order valence-electron chi connectivity index (χ3n) is 4.95. The number of carbonyl (C=O) groups is 1. The number of anilines is 2. The Morgan fingerprint density at radius 1 is 0.885 bits per heavy atom. The molecule has 4 nitrogen and oxygen atoms in total. The molecular formula is C22H23N3O. The first-order valence-corrected chi connectivity index (χ1v) is 9.31. The lowest BCUT2D eigenvalue weighted by atomic mass is 10.1. The molecule has 0 spiro atoms. The van der Waals surface area contributed by atoms with E-state index in [1.54, 1.807) is 12.3 Å². The molecule has 1 N–H and O–H groups in total. The monoisotopic (exact) mass is 345 g/mol. The van der Waals surface area contributed by atoms with Gasteiger partial charge in [0.2, 0.25) is 0 Å². The molecular weight excluding hydrogens is 322 g/mol. The van der Waals surface area contributed by atoms with Gasteiger partial charge in [-0.25, -0.2) is 4.98 Å². The second-order valence-electron chi connectivity index (χ2n) is 6.82. The smallest absolute Gasteiger partial charge is 0.255 e. The van der Waals surface area contributed by atoms with E-state index in [0.29, 0.717) is 5.56 Å². The SMILES string of the molecule is O=C(Nc1ccc2ccccc2c1)c1ccnc(N2CCCCCC2)c1. The molecule has 0 radical (unpaired) electrons. The molecule has 1 aliphatic heterocycles. The van der Waals surface area contributed by atoms with Crippen LogP contribution >= 0.6 is 0 Å². The van der Waals surface area contributed by atoms with Gasteiger partial charge in [-0.15, -0.1) is 0 Å². The van der Waals surface area contributed by atoms with Gasteiger partial charge in [0.15, 0.2) is 0 Å². The van der Waals surface area contributed by atoms with E-state index in [1.807, 2.05) is 36.4 Å². The molecule has 2 heterocycles. The van der Waals surface area contributed by atoms with Crippen molar-refractivity contribution in [3.05, 3.63) is 66.4 Å². The summed E-state index contributed by atoms with van der Waals surface area (Å²) < 4.78 is 0. The zero-order chi connectivity index (χ0) is 17.8. The molecule has 0 aliphatic carbocycles. The Balaban J connectivity index is 1.52. The van der Waals surface area contributed by atoms with E-state index in [2.05, 4.69) is 27.3 Å². The molecule has 4 heteroatoms. The van der Waals surface area contributed by atoms with Crippen LogP contribution in [0.25, 0.3) is 10.8 Å². The summed E-state index contributed by atoms with van der Waals surface area (Å²) >= 11 is 0. The summed E-state index contributed by atoms with van der Waals surface area (Å²) in [5, 5.41) is 5.29. The van der Waals surface area contributed by atoms with E-state index in [0.717, 1.165) is 35.4 Å². The van der Waals surface area contributed by atoms with Crippen LogP contribution in [-0.2, 0) is 0 Å². The maximum atomic E-state index is 12.7. The van der Waals surface area contributed by atoms with Gasteiger partial charge in [-0.3, -0.25) is 4.79 Å². The molecule has 26 heavy (non-hydrogen) atoms. The minimum atomic E-state index is -0.0984. The Bertz CT molecular complexity index is 914. The van der Waals surface area contributed by atoms with E-state index in [-0.39, 0.29) is 5.91 Å². The van der Waals surface area contributed by atoms with Gasteiger partial charge in [-0.1, -0.05) is 43.2 Å². The minimum absolute atomic E-state index is 0.0984. The van der Waals surface area contributed by atoms with Crippen LogP contribution in [0.2, 0.25) is 0 Å². The average Bonchev–Trinajstić information content (AvgIpc) is 2.97. The lowest BCUT2D eigenvalue weighted by Gasteiger charge is -2.21. The summed E-state index contributed by atoms with van der Waals surface area (Å²) in [4.78, 5) is 19.5. The van der Waals surface area contributed by atoms with Crippen LogP contribution in [0, 0.1) is 0 Å². The molecule has 0 atom stereocenters. The number of pyridine rings is 1. The highest BCUT2D eigenvalue weighted by molar-refractivity contribution is 6.05. The number of carbonyl (C=O) groups excluding carboxylic acids is 1. The molecule has 2 aromatic carbocycles. The summed E-state index contributed by atoms with van der Waals surface area (Å²) in [6.45, 7) is 2.03. The predicted molar refractivity (Wildman–Crippen MR) is 107 cm³/mol. The lowest BCUT2D eigenvalue weighted by molar-refractivity contribution is 0.102. The number of nitrogens with one attached hydrogen (secondary N) is 1. The summed E-state index contributed by atoms with van der Waals surface area (Å²) in [5.74, 6) is 0.803. The third-order valence-corrected chi connectivity index (χ3v) is 4.95. The van der Waals surface area contributed by atoms with Gasteiger partial charge in [-0.2, -0.15) is 0 Å². The van der Waals surface area contributed by atoms with Crippen molar-refractivity contribution in [1.82, 2.24) is 4.98 Å². The quantitative estimate of drug-likeness (QED) is 0.737. The Morgan fingerprint density at radius 2 is 1.65 bits per heavy atom. The van der Waals surface area contributed by atoms with Crippen LogP contribution in [0.15, 0.2) is 60.8 Å². The second kappa shape index (κ2) is 7.56. The van der Waals surface area contributed by atoms with Crippen molar-refractivity contribution in [2.45, 2.75) is 25.7 Å². The van der Waals surface area contributed by atoms with Crippen molar-refractivity contribution in [1.29, 1.82) is 0 Å². The van der Waals surface area contributed by atoms with Crippen LogP contribution in [-0.4, -0.2) is 24.0 Å². The van der Waals surface area contributed by atoms with Crippen molar-refractivity contribution in [2.24, 2.45) is 0 Å². The van der Waals surface area contributed by atoms with E-state index >= 15 is 0 Å². The Morgan fingerprint density at radius 3 is 2.46 bits per heavy atom. The molecule has 0 unspecified atom stereocenters. The first-order valence-electron chi connectivity index (χ1n) is 9.31. The largest absolute Gasteiger partial charge is 0.357 e. The maximum Gasteiger partial charge on any atom is 0.255 e. The van der Waals surface area contributed by atoms with E-state index < -0.39 is 0 Å². The molecule has 1 aromatic heterocycles. The molecule has 1 fully saturated rings. The highest BCUT2D eigenvalue weighted by atomic mass is 16.1. The number of rotatable bonds is 3. The van der Waals surface area contributed by atoms with Crippen molar-refractivity contribution < 1.29 is 4.79 Å². The summed E-state index contributed by atoms with van der Waals surface area (Å²) in [6, 6.07) is 17.8. The van der Waals surface area contributed by atoms with Crippen LogP contribution in [0.1, 0.15) is 36.0 Å². The standard InChI is InChI=1S/C22H23N3O/c26-22(24-20-10-9-17-7-3-4-8-18(17)15-20)19-11-12-23-21(16-19)25-13-5-1-2-6-14-25/h3-4,7-12,15-16H,1-2,5-6,13-14H2,(H,24,26). The minimum Gasteiger partial charge on any atom is -0.357 e. The number of nitrogens with zero attached hydrogens (tertiary/aromatic N) is 2. The van der Waals surface area contributed by atoms with Crippen LogP contribution in [0.4, 0.5) is 11.5 Å². The van der Waals surface area contributed by atoms with Gasteiger partial charge >= 0.3 is 0 Å². The molecule has 4 rings (SSSR count). The number of hydrogen-bond acceptors (Lipinski definition) is 3. The fraction of sp³-hybridized carbons (Fsp3) is 0.273. The average molecular weight is 345 g/mol. The first kappa shape index (κ1) is 16.6. The summed E-state index contributed by atoms with van der Waals surface area (Å²) in [5.41, 5.74) is 1.45. The van der Waals surface area contributed by atoms with Gasteiger partial charge in [0.05, 0.1) is 0 Å². The summed E-state index contributed by atoms with van der Waals surface area (Å²) in [7, 11) is 0. The summed E-state index contributed by atoms with van der Waals surface area (Å²) in [6.07, 6.45) is 6.66. The highest BCUT2D eigenvalue weighted by Gasteiger charge is 2.14. The van der Waals surface area contributed by atoms with Gasteiger partial charge in [0, 0.05) is 30.5 Å². The molecule has 3 aromatic rings. The Labute approximate surface area is 153 Å². The first-order chi connectivity index (χ1) is 12.8. The van der Waals surface area contributed by atoms with Crippen molar-refractivity contribution in [3.63, 3.8) is 0 Å². The molecule has 1 amide bonds. The second-order valence-corrected chi connectivity index (χ2v) is 6.82. The fourth-order valence-corrected chi connectivity index (χ4v) is 3.50. The van der Waals surface area contributed by atoms with Crippen LogP contribution in [0.5, 0.6) is 0 Å². The number of fused-ring (bicyclic) bond motifs is 1. The van der Waals surface area contributed by atoms with Crippen LogP contribution < -0.4 is 10.2 Å². The number of aromatic nitrogens is 1. The molecule has 0 bridgehead atoms. The van der Waals surface area contributed by atoms with E-state index in [9.17, 15) is 4.79 Å². The van der Waals surface area contributed by atoms with Crippen LogP contribution in [0.3, 0.4) is 0 Å². The normalized spacial score (nSPS) is 14.8. The van der Waals surface area contributed by atoms with Gasteiger partial charge in [0.1, 0.15) is 5.82 Å².